The number of sulfonamides is 1. The largest absolute Gasteiger partial charge is 0.447 e. The van der Waals surface area contributed by atoms with Crippen LogP contribution in [0.4, 0.5) is 0 Å². The Balaban J connectivity index is 2.28. The highest BCUT2D eigenvalue weighted by molar-refractivity contribution is 7.89. The number of hydrogen-bond donors (Lipinski definition) is 0. The first-order chi connectivity index (χ1) is 9.86. The second kappa shape index (κ2) is 6.40. The number of halogens is 2. The maximum atomic E-state index is 12.5. The first kappa shape index (κ1) is 16.4. The maximum absolute atomic E-state index is 12.5. The number of rotatable bonds is 5. The summed E-state index contributed by atoms with van der Waals surface area (Å²) in [6.45, 7) is 1.80. The molecule has 0 fully saturated rings. The van der Waals surface area contributed by atoms with Gasteiger partial charge in [-0.05, 0) is 36.8 Å². The maximum Gasteiger partial charge on any atom is 0.276 e. The van der Waals surface area contributed by atoms with E-state index in [0.29, 0.717) is 10.8 Å². The summed E-state index contributed by atoms with van der Waals surface area (Å²) >= 11 is 11.5. The molecule has 1 unspecified atom stereocenters. The molecule has 1 aromatic heterocycles. The molecule has 0 amide bonds. The standard InChI is InChI=1S/C14H15Cl2NO3S/c1-10(11-3-5-12(16)6-4-11)17(2)21(18,19)14-8-7-13(9-15)20-14/h3-8,10H,9H2,1-2H3. The lowest BCUT2D eigenvalue weighted by Gasteiger charge is -2.23. The summed E-state index contributed by atoms with van der Waals surface area (Å²) in [4.78, 5) is 0. The average molecular weight is 348 g/mol. The van der Waals surface area contributed by atoms with E-state index in [0.717, 1.165) is 5.56 Å². The van der Waals surface area contributed by atoms with Gasteiger partial charge in [0, 0.05) is 18.1 Å². The molecule has 4 nitrogen and oxygen atoms in total. The van der Waals surface area contributed by atoms with Gasteiger partial charge in [0.1, 0.15) is 5.76 Å². The lowest BCUT2D eigenvalue weighted by molar-refractivity contribution is 0.363. The molecule has 0 radical (unpaired) electrons. The van der Waals surface area contributed by atoms with Crippen molar-refractivity contribution < 1.29 is 12.8 Å². The minimum atomic E-state index is -3.71. The van der Waals surface area contributed by atoms with Crippen LogP contribution in [0.5, 0.6) is 0 Å². The molecule has 2 rings (SSSR count). The molecule has 1 heterocycles. The van der Waals surface area contributed by atoms with Crippen LogP contribution in [0.3, 0.4) is 0 Å². The minimum absolute atomic E-state index is 0.110. The Hall–Kier alpha value is -1.01. The van der Waals surface area contributed by atoms with Crippen LogP contribution in [0.25, 0.3) is 0 Å². The van der Waals surface area contributed by atoms with Crippen molar-refractivity contribution in [3.63, 3.8) is 0 Å². The Kier molecular flexibility index (Phi) is 4.99. The molecule has 0 aliphatic rings. The second-order valence-corrected chi connectivity index (χ2v) is 7.24. The molecule has 114 valence electrons. The van der Waals surface area contributed by atoms with Crippen molar-refractivity contribution in [3.8, 4) is 0 Å². The Morgan fingerprint density at radius 3 is 2.33 bits per heavy atom. The summed E-state index contributed by atoms with van der Waals surface area (Å²) in [5, 5.41) is 0.496. The molecule has 1 aromatic carbocycles. The zero-order chi connectivity index (χ0) is 15.6. The van der Waals surface area contributed by atoms with E-state index in [4.69, 9.17) is 27.6 Å². The smallest absolute Gasteiger partial charge is 0.276 e. The van der Waals surface area contributed by atoms with Crippen molar-refractivity contribution >= 4 is 33.2 Å². The molecular weight excluding hydrogens is 333 g/mol. The lowest BCUT2D eigenvalue weighted by Crippen LogP contribution is -2.29. The van der Waals surface area contributed by atoms with Gasteiger partial charge in [0.2, 0.25) is 5.09 Å². The van der Waals surface area contributed by atoms with Gasteiger partial charge < -0.3 is 4.42 Å². The van der Waals surface area contributed by atoms with Crippen LogP contribution in [-0.4, -0.2) is 19.8 Å². The number of furan rings is 1. The van der Waals surface area contributed by atoms with E-state index < -0.39 is 10.0 Å². The first-order valence-electron chi connectivity index (χ1n) is 6.24. The van der Waals surface area contributed by atoms with E-state index in [1.807, 2.05) is 0 Å². The van der Waals surface area contributed by atoms with Crippen molar-refractivity contribution in [2.75, 3.05) is 7.05 Å². The van der Waals surface area contributed by atoms with Gasteiger partial charge in [-0.1, -0.05) is 23.7 Å². The molecule has 0 saturated carbocycles. The van der Waals surface area contributed by atoms with Crippen LogP contribution >= 0.6 is 23.2 Å². The van der Waals surface area contributed by atoms with E-state index >= 15 is 0 Å². The van der Waals surface area contributed by atoms with Crippen LogP contribution in [0.1, 0.15) is 24.3 Å². The Labute approximate surface area is 134 Å². The summed E-state index contributed by atoms with van der Waals surface area (Å²) in [6.07, 6.45) is 0. The molecule has 0 bridgehead atoms. The normalized spacial score (nSPS) is 13.6. The fraction of sp³-hybridized carbons (Fsp3) is 0.286. The van der Waals surface area contributed by atoms with Crippen LogP contribution in [0, 0.1) is 0 Å². The van der Waals surface area contributed by atoms with Crippen molar-refractivity contribution in [2.24, 2.45) is 0 Å². The SMILES string of the molecule is CC(c1ccc(Cl)cc1)N(C)S(=O)(=O)c1ccc(CCl)o1. The van der Waals surface area contributed by atoms with Crippen LogP contribution in [-0.2, 0) is 15.9 Å². The predicted octanol–water partition coefficient (Wildman–Crippen LogP) is 4.05. The average Bonchev–Trinajstić information content (AvgIpc) is 2.96. The lowest BCUT2D eigenvalue weighted by atomic mass is 10.1. The molecular formula is C14H15Cl2NO3S. The molecule has 21 heavy (non-hydrogen) atoms. The van der Waals surface area contributed by atoms with Gasteiger partial charge in [0.25, 0.3) is 10.0 Å². The predicted molar refractivity (Wildman–Crippen MR) is 83.1 cm³/mol. The van der Waals surface area contributed by atoms with E-state index in [-0.39, 0.29) is 17.0 Å². The number of alkyl halides is 1. The molecule has 1 atom stereocenters. The highest BCUT2D eigenvalue weighted by atomic mass is 35.5. The van der Waals surface area contributed by atoms with Crippen LogP contribution in [0.2, 0.25) is 5.02 Å². The zero-order valence-electron chi connectivity index (χ0n) is 11.6. The van der Waals surface area contributed by atoms with Gasteiger partial charge in [-0.25, -0.2) is 8.42 Å². The van der Waals surface area contributed by atoms with Crippen molar-refractivity contribution in [1.82, 2.24) is 4.31 Å². The van der Waals surface area contributed by atoms with E-state index in [2.05, 4.69) is 0 Å². The summed E-state index contributed by atoms with van der Waals surface area (Å²) in [5.41, 5.74) is 0.842. The second-order valence-electron chi connectivity index (χ2n) is 4.60. The molecule has 0 aliphatic heterocycles. The van der Waals surface area contributed by atoms with Gasteiger partial charge in [0.15, 0.2) is 0 Å². The van der Waals surface area contributed by atoms with E-state index in [1.54, 1.807) is 37.3 Å². The fourth-order valence-corrected chi connectivity index (χ4v) is 3.41. The van der Waals surface area contributed by atoms with Gasteiger partial charge >= 0.3 is 0 Å². The Morgan fingerprint density at radius 2 is 1.81 bits per heavy atom. The van der Waals surface area contributed by atoms with Crippen LogP contribution < -0.4 is 0 Å². The summed E-state index contributed by atoms with van der Waals surface area (Å²) in [5.74, 6) is 0.550. The highest BCUT2D eigenvalue weighted by Crippen LogP contribution is 2.27. The Bertz CT molecular complexity index is 710. The molecule has 7 heteroatoms. The van der Waals surface area contributed by atoms with Gasteiger partial charge in [-0.3, -0.25) is 0 Å². The number of hydrogen-bond acceptors (Lipinski definition) is 3. The van der Waals surface area contributed by atoms with Crippen molar-refractivity contribution in [2.45, 2.75) is 23.9 Å². The third-order valence-corrected chi connectivity index (χ3v) is 5.62. The van der Waals surface area contributed by atoms with Gasteiger partial charge in [0.05, 0.1) is 5.88 Å². The first-order valence-corrected chi connectivity index (χ1v) is 8.59. The van der Waals surface area contributed by atoms with Gasteiger partial charge in [-0.2, -0.15) is 4.31 Å². The summed E-state index contributed by atoms with van der Waals surface area (Å²) < 4.78 is 31.5. The topological polar surface area (TPSA) is 50.5 Å². The van der Waals surface area contributed by atoms with Gasteiger partial charge in [-0.15, -0.1) is 11.6 Å². The van der Waals surface area contributed by atoms with Crippen molar-refractivity contribution in [1.29, 1.82) is 0 Å². The molecule has 0 saturated heterocycles. The molecule has 0 N–H and O–H groups in total. The van der Waals surface area contributed by atoms with Crippen LogP contribution in [0.15, 0.2) is 45.9 Å². The minimum Gasteiger partial charge on any atom is -0.447 e. The molecule has 0 aliphatic carbocycles. The van der Waals surface area contributed by atoms with E-state index in [9.17, 15) is 8.42 Å². The quantitative estimate of drug-likeness (QED) is 0.766. The van der Waals surface area contributed by atoms with Crippen molar-refractivity contribution in [3.05, 3.63) is 52.7 Å². The number of nitrogens with zero attached hydrogens (tertiary/aromatic N) is 1. The third-order valence-electron chi connectivity index (χ3n) is 3.30. The summed E-state index contributed by atoms with van der Waals surface area (Å²) in [6, 6.07) is 9.67. The summed E-state index contributed by atoms with van der Waals surface area (Å²) in [7, 11) is -2.20. The number of benzene rings is 1. The molecule has 0 spiro atoms. The molecule has 2 aromatic rings. The monoisotopic (exact) mass is 347 g/mol. The fourth-order valence-electron chi connectivity index (χ4n) is 1.87. The highest BCUT2D eigenvalue weighted by Gasteiger charge is 2.29. The van der Waals surface area contributed by atoms with E-state index in [1.165, 1.54) is 17.4 Å². The Morgan fingerprint density at radius 1 is 1.19 bits per heavy atom. The zero-order valence-corrected chi connectivity index (χ0v) is 13.9. The third kappa shape index (κ3) is 3.43.